The fourth-order valence-electron chi connectivity index (χ4n) is 2.51. The van der Waals surface area contributed by atoms with Crippen LogP contribution in [-0.4, -0.2) is 29.4 Å². The summed E-state index contributed by atoms with van der Waals surface area (Å²) < 4.78 is 5.22. The summed E-state index contributed by atoms with van der Waals surface area (Å²) in [5.41, 5.74) is 1.01. The van der Waals surface area contributed by atoms with Crippen molar-refractivity contribution in [3.8, 4) is 0 Å². The second-order valence-corrected chi connectivity index (χ2v) is 5.72. The number of benzene rings is 2. The molecule has 0 saturated carbocycles. The number of nitro benzene ring substituents is 1. The van der Waals surface area contributed by atoms with Crippen LogP contribution < -0.4 is 4.90 Å². The maximum absolute atomic E-state index is 12.6. The van der Waals surface area contributed by atoms with Gasteiger partial charge in [-0.15, -0.1) is 0 Å². The summed E-state index contributed by atoms with van der Waals surface area (Å²) in [4.78, 5) is 36.8. The molecular formula is C19H20N2O5. The monoisotopic (exact) mass is 356 g/mol. The van der Waals surface area contributed by atoms with Crippen molar-refractivity contribution in [2.45, 2.75) is 26.9 Å². The minimum absolute atomic E-state index is 0.0321. The van der Waals surface area contributed by atoms with Crippen LogP contribution in [0, 0.1) is 17.0 Å². The molecule has 0 aliphatic rings. The number of carbonyl (C=O) groups is 2. The van der Waals surface area contributed by atoms with E-state index in [2.05, 4.69) is 0 Å². The summed E-state index contributed by atoms with van der Waals surface area (Å²) >= 11 is 0. The van der Waals surface area contributed by atoms with Crippen LogP contribution in [0.2, 0.25) is 0 Å². The Morgan fingerprint density at radius 3 is 2.42 bits per heavy atom. The molecule has 0 fully saturated rings. The highest BCUT2D eigenvalue weighted by Crippen LogP contribution is 2.21. The molecule has 2 rings (SSSR count). The second-order valence-electron chi connectivity index (χ2n) is 5.72. The standard InChI is InChI=1S/C19H20N2O5/c1-4-20(16-8-6-5-7-9-16)18(22)14(3)26-19(23)15-11-10-13(2)17(12-15)21(24)25/h5-12,14H,4H2,1-3H3/t14-/m1/s1. The topological polar surface area (TPSA) is 89.8 Å². The van der Waals surface area contributed by atoms with Gasteiger partial charge in [0.25, 0.3) is 11.6 Å². The average molecular weight is 356 g/mol. The Morgan fingerprint density at radius 1 is 1.19 bits per heavy atom. The minimum atomic E-state index is -1.02. The van der Waals surface area contributed by atoms with Gasteiger partial charge in [0, 0.05) is 23.9 Å². The average Bonchev–Trinajstić information content (AvgIpc) is 2.63. The highest BCUT2D eigenvalue weighted by Gasteiger charge is 2.25. The fourth-order valence-corrected chi connectivity index (χ4v) is 2.51. The molecule has 0 saturated heterocycles. The van der Waals surface area contributed by atoms with E-state index in [0.717, 1.165) is 6.07 Å². The van der Waals surface area contributed by atoms with Crippen LogP contribution in [0.1, 0.15) is 29.8 Å². The van der Waals surface area contributed by atoms with E-state index in [1.165, 1.54) is 24.0 Å². The molecule has 0 bridgehead atoms. The maximum Gasteiger partial charge on any atom is 0.339 e. The number of hydrogen-bond donors (Lipinski definition) is 0. The first-order valence-electron chi connectivity index (χ1n) is 8.17. The van der Waals surface area contributed by atoms with Gasteiger partial charge in [-0.25, -0.2) is 4.79 Å². The molecule has 7 heteroatoms. The summed E-state index contributed by atoms with van der Waals surface area (Å²) in [6.45, 7) is 5.30. The van der Waals surface area contributed by atoms with Crippen LogP contribution in [0.3, 0.4) is 0 Å². The van der Waals surface area contributed by atoms with Gasteiger partial charge >= 0.3 is 5.97 Å². The Morgan fingerprint density at radius 2 is 1.85 bits per heavy atom. The number of likely N-dealkylation sites (N-methyl/N-ethyl adjacent to an activating group) is 1. The third kappa shape index (κ3) is 4.24. The summed E-state index contributed by atoms with van der Waals surface area (Å²) in [6, 6.07) is 13.1. The number of ether oxygens (including phenoxy) is 1. The molecule has 0 heterocycles. The van der Waals surface area contributed by atoms with Crippen molar-refractivity contribution in [3.05, 3.63) is 69.8 Å². The molecule has 136 valence electrons. The fraction of sp³-hybridized carbons (Fsp3) is 0.263. The van der Waals surface area contributed by atoms with Crippen molar-refractivity contribution in [1.29, 1.82) is 0 Å². The molecule has 0 spiro atoms. The van der Waals surface area contributed by atoms with Gasteiger partial charge in [0.2, 0.25) is 0 Å². The number of nitro groups is 1. The molecule has 0 aromatic heterocycles. The lowest BCUT2D eigenvalue weighted by Gasteiger charge is -2.24. The summed E-state index contributed by atoms with van der Waals surface area (Å²) in [5, 5.41) is 11.0. The van der Waals surface area contributed by atoms with Crippen molar-refractivity contribution in [1.82, 2.24) is 0 Å². The van der Waals surface area contributed by atoms with E-state index in [-0.39, 0.29) is 17.2 Å². The molecular weight excluding hydrogens is 336 g/mol. The molecule has 0 aliphatic heterocycles. The normalized spacial score (nSPS) is 11.5. The van der Waals surface area contributed by atoms with E-state index in [9.17, 15) is 19.7 Å². The highest BCUT2D eigenvalue weighted by atomic mass is 16.6. The zero-order valence-electron chi connectivity index (χ0n) is 14.8. The van der Waals surface area contributed by atoms with Crippen LogP contribution in [0.4, 0.5) is 11.4 Å². The summed E-state index contributed by atoms with van der Waals surface area (Å²) in [5.74, 6) is -1.15. The number of para-hydroxylation sites is 1. The quantitative estimate of drug-likeness (QED) is 0.449. The lowest BCUT2D eigenvalue weighted by Crippen LogP contribution is -2.40. The molecule has 0 aliphatic carbocycles. The molecule has 0 N–H and O–H groups in total. The molecule has 0 radical (unpaired) electrons. The number of hydrogen-bond acceptors (Lipinski definition) is 5. The lowest BCUT2D eigenvalue weighted by molar-refractivity contribution is -0.385. The Labute approximate surface area is 151 Å². The van der Waals surface area contributed by atoms with Crippen LogP contribution in [0.15, 0.2) is 48.5 Å². The number of aryl methyl sites for hydroxylation is 1. The van der Waals surface area contributed by atoms with Crippen LogP contribution >= 0.6 is 0 Å². The lowest BCUT2D eigenvalue weighted by atomic mass is 10.1. The summed E-state index contributed by atoms with van der Waals surface area (Å²) in [6.07, 6.45) is -1.02. The number of anilines is 1. The molecule has 0 unspecified atom stereocenters. The number of nitrogens with zero attached hydrogens (tertiary/aromatic N) is 2. The van der Waals surface area contributed by atoms with Gasteiger partial charge in [0.15, 0.2) is 6.10 Å². The van der Waals surface area contributed by atoms with Crippen molar-refractivity contribution >= 4 is 23.3 Å². The van der Waals surface area contributed by atoms with E-state index >= 15 is 0 Å². The number of carbonyl (C=O) groups excluding carboxylic acids is 2. The molecule has 2 aromatic carbocycles. The van der Waals surface area contributed by atoms with Gasteiger partial charge in [-0.2, -0.15) is 0 Å². The number of amides is 1. The van der Waals surface area contributed by atoms with Crippen molar-refractivity contribution < 1.29 is 19.2 Å². The molecule has 1 atom stereocenters. The van der Waals surface area contributed by atoms with Gasteiger partial charge in [-0.05, 0) is 39.0 Å². The van der Waals surface area contributed by atoms with Crippen LogP contribution in [0.25, 0.3) is 0 Å². The third-order valence-corrected chi connectivity index (χ3v) is 3.92. The smallest absolute Gasteiger partial charge is 0.339 e. The third-order valence-electron chi connectivity index (χ3n) is 3.92. The summed E-state index contributed by atoms with van der Waals surface area (Å²) in [7, 11) is 0. The largest absolute Gasteiger partial charge is 0.449 e. The van der Waals surface area contributed by atoms with E-state index in [1.807, 2.05) is 25.1 Å². The van der Waals surface area contributed by atoms with E-state index < -0.39 is 17.0 Å². The van der Waals surface area contributed by atoms with Crippen molar-refractivity contribution in [3.63, 3.8) is 0 Å². The molecule has 1 amide bonds. The van der Waals surface area contributed by atoms with E-state index in [1.54, 1.807) is 19.1 Å². The van der Waals surface area contributed by atoms with Gasteiger partial charge < -0.3 is 9.64 Å². The van der Waals surface area contributed by atoms with Crippen LogP contribution in [0.5, 0.6) is 0 Å². The van der Waals surface area contributed by atoms with E-state index in [0.29, 0.717) is 17.8 Å². The molecule has 2 aromatic rings. The second kappa shape index (κ2) is 8.24. The Bertz CT molecular complexity index is 820. The Hall–Kier alpha value is -3.22. The van der Waals surface area contributed by atoms with Gasteiger partial charge in [-0.1, -0.05) is 24.3 Å². The Kier molecular flexibility index (Phi) is 6.06. The predicted octanol–water partition coefficient (Wildman–Crippen LogP) is 3.50. The molecule has 26 heavy (non-hydrogen) atoms. The minimum Gasteiger partial charge on any atom is -0.449 e. The number of rotatable bonds is 6. The first-order valence-corrected chi connectivity index (χ1v) is 8.17. The predicted molar refractivity (Wildman–Crippen MR) is 97.2 cm³/mol. The zero-order chi connectivity index (χ0) is 19.3. The SMILES string of the molecule is CCN(C(=O)[C@@H](C)OC(=O)c1ccc(C)c([N+](=O)[O-])c1)c1ccccc1. The van der Waals surface area contributed by atoms with Crippen LogP contribution in [-0.2, 0) is 9.53 Å². The highest BCUT2D eigenvalue weighted by molar-refractivity contribution is 5.99. The van der Waals surface area contributed by atoms with Crippen molar-refractivity contribution in [2.24, 2.45) is 0 Å². The van der Waals surface area contributed by atoms with E-state index in [4.69, 9.17) is 4.74 Å². The van der Waals surface area contributed by atoms with Crippen molar-refractivity contribution in [2.75, 3.05) is 11.4 Å². The van der Waals surface area contributed by atoms with Gasteiger partial charge in [-0.3, -0.25) is 14.9 Å². The first-order chi connectivity index (χ1) is 12.3. The maximum atomic E-state index is 12.6. The van der Waals surface area contributed by atoms with Gasteiger partial charge in [0.1, 0.15) is 0 Å². The number of esters is 1. The molecule has 7 nitrogen and oxygen atoms in total. The van der Waals surface area contributed by atoms with Gasteiger partial charge in [0.05, 0.1) is 10.5 Å². The zero-order valence-corrected chi connectivity index (χ0v) is 14.8. The first kappa shape index (κ1) is 19.1. The Balaban J connectivity index is 2.14.